The second-order valence-corrected chi connectivity index (χ2v) is 5.33. The van der Waals surface area contributed by atoms with Gasteiger partial charge in [-0.05, 0) is 31.2 Å². The zero-order chi connectivity index (χ0) is 14.6. The number of hydrogen-bond donors (Lipinski definition) is 0. The molecule has 0 unspecified atom stereocenters. The summed E-state index contributed by atoms with van der Waals surface area (Å²) in [6.45, 7) is 3.65. The van der Waals surface area contributed by atoms with Crippen molar-refractivity contribution in [2.45, 2.75) is 20.0 Å². The predicted octanol–water partition coefficient (Wildman–Crippen LogP) is 3.59. The second-order valence-electron chi connectivity index (χ2n) is 5.33. The number of para-hydroxylation sites is 3. The zero-order valence-corrected chi connectivity index (χ0v) is 11.9. The van der Waals surface area contributed by atoms with E-state index in [2.05, 4.69) is 10.6 Å². The lowest BCUT2D eigenvalue weighted by molar-refractivity contribution is -0.117. The third-order valence-electron chi connectivity index (χ3n) is 4.09. The largest absolute Gasteiger partial charge is 0.302 e. The van der Waals surface area contributed by atoms with Crippen LogP contribution in [0.2, 0.25) is 0 Å². The molecule has 1 atom stereocenters. The molecular weight excluding hydrogens is 262 g/mol. The van der Waals surface area contributed by atoms with Crippen LogP contribution in [-0.4, -0.2) is 15.5 Å². The van der Waals surface area contributed by atoms with E-state index < -0.39 is 0 Å². The van der Waals surface area contributed by atoms with Gasteiger partial charge in [-0.2, -0.15) is 0 Å². The highest BCUT2D eigenvalue weighted by atomic mass is 16.2. The first-order chi connectivity index (χ1) is 10.2. The normalized spacial score (nSPS) is 16.7. The van der Waals surface area contributed by atoms with Gasteiger partial charge in [0.1, 0.15) is 12.0 Å². The summed E-state index contributed by atoms with van der Waals surface area (Å²) < 4.78 is 2.14. The van der Waals surface area contributed by atoms with Gasteiger partial charge in [-0.25, -0.2) is 4.98 Å². The summed E-state index contributed by atoms with van der Waals surface area (Å²) in [4.78, 5) is 18.7. The number of nitrogens with zero attached hydrogens (tertiary/aromatic N) is 3. The molecule has 1 aromatic heterocycles. The van der Waals surface area contributed by atoms with Gasteiger partial charge in [0.2, 0.25) is 5.91 Å². The maximum absolute atomic E-state index is 12.1. The fourth-order valence-corrected chi connectivity index (χ4v) is 3.24. The summed E-state index contributed by atoms with van der Waals surface area (Å²) in [7, 11) is 0. The van der Waals surface area contributed by atoms with Crippen molar-refractivity contribution in [3.63, 3.8) is 0 Å². The van der Waals surface area contributed by atoms with Crippen LogP contribution in [0, 0.1) is 0 Å². The van der Waals surface area contributed by atoms with Crippen LogP contribution in [-0.2, 0) is 4.79 Å². The highest BCUT2D eigenvalue weighted by Crippen LogP contribution is 2.41. The van der Waals surface area contributed by atoms with Crippen molar-refractivity contribution in [3.05, 3.63) is 48.5 Å². The molecule has 0 saturated heterocycles. The summed E-state index contributed by atoms with van der Waals surface area (Å²) >= 11 is 0. The Balaban J connectivity index is 2.11. The minimum absolute atomic E-state index is 0.0402. The lowest BCUT2D eigenvalue weighted by Crippen LogP contribution is -2.38. The first kappa shape index (κ1) is 12.1. The molecule has 4 nitrogen and oxygen atoms in total. The third kappa shape index (κ3) is 1.56. The van der Waals surface area contributed by atoms with Crippen molar-refractivity contribution in [1.29, 1.82) is 0 Å². The van der Waals surface area contributed by atoms with Crippen LogP contribution in [0.25, 0.3) is 22.4 Å². The van der Waals surface area contributed by atoms with Crippen LogP contribution >= 0.6 is 0 Å². The van der Waals surface area contributed by atoms with Crippen LogP contribution in [0.15, 0.2) is 48.5 Å². The number of rotatable bonds is 0. The highest BCUT2D eigenvalue weighted by Gasteiger charge is 2.32. The molecule has 1 amide bonds. The van der Waals surface area contributed by atoms with E-state index in [1.54, 1.807) is 6.92 Å². The molecule has 21 heavy (non-hydrogen) atoms. The van der Waals surface area contributed by atoms with Crippen LogP contribution < -0.4 is 4.90 Å². The van der Waals surface area contributed by atoms with Crippen molar-refractivity contribution < 1.29 is 4.79 Å². The van der Waals surface area contributed by atoms with Crippen molar-refractivity contribution in [2.75, 3.05) is 4.90 Å². The fourth-order valence-electron chi connectivity index (χ4n) is 3.24. The number of carbonyl (C=O) groups excluding carboxylic acids is 1. The third-order valence-corrected chi connectivity index (χ3v) is 4.09. The van der Waals surface area contributed by atoms with Crippen LogP contribution in [0.3, 0.4) is 0 Å². The number of carbonyl (C=O) groups is 1. The van der Waals surface area contributed by atoms with E-state index >= 15 is 0 Å². The molecule has 2 heterocycles. The maximum atomic E-state index is 12.1. The molecule has 1 aliphatic rings. The lowest BCUT2D eigenvalue weighted by atomic mass is 10.1. The summed E-state index contributed by atoms with van der Waals surface area (Å²) in [5, 5.41) is 0. The molecule has 4 heteroatoms. The van der Waals surface area contributed by atoms with Gasteiger partial charge in [0, 0.05) is 12.5 Å². The van der Waals surface area contributed by atoms with Gasteiger partial charge in [0.25, 0.3) is 0 Å². The first-order valence-corrected chi connectivity index (χ1v) is 7.04. The first-order valence-electron chi connectivity index (χ1n) is 7.04. The average molecular weight is 277 g/mol. The molecule has 104 valence electrons. The number of amides is 1. The number of benzene rings is 2. The molecule has 0 fully saturated rings. The molecule has 0 aliphatic carbocycles. The zero-order valence-electron chi connectivity index (χ0n) is 11.9. The molecule has 2 aromatic carbocycles. The van der Waals surface area contributed by atoms with Gasteiger partial charge >= 0.3 is 0 Å². The van der Waals surface area contributed by atoms with Crippen molar-refractivity contribution in [2.24, 2.45) is 0 Å². The van der Waals surface area contributed by atoms with E-state index in [9.17, 15) is 4.79 Å². The van der Waals surface area contributed by atoms with Gasteiger partial charge in [-0.1, -0.05) is 24.3 Å². The molecule has 0 radical (unpaired) electrons. The number of fused-ring (bicyclic) bond motifs is 5. The Morgan fingerprint density at radius 2 is 1.81 bits per heavy atom. The van der Waals surface area contributed by atoms with E-state index in [1.807, 2.05) is 54.3 Å². The van der Waals surface area contributed by atoms with Crippen molar-refractivity contribution >= 4 is 22.6 Å². The average Bonchev–Trinajstić information content (AvgIpc) is 2.87. The monoisotopic (exact) mass is 277 g/mol. The number of imidazole rings is 1. The van der Waals surface area contributed by atoms with Gasteiger partial charge in [0.15, 0.2) is 0 Å². The Morgan fingerprint density at radius 1 is 1.10 bits per heavy atom. The number of hydrogen-bond acceptors (Lipinski definition) is 2. The van der Waals surface area contributed by atoms with E-state index in [1.165, 1.54) is 0 Å². The summed E-state index contributed by atoms with van der Waals surface area (Å²) in [5.41, 5.74) is 3.95. The SMILES string of the molecule is CC(=O)N1c2ccccc2-c2nc3ccccc3n2[C@H]1C. The molecule has 1 aliphatic heterocycles. The summed E-state index contributed by atoms with van der Waals surface area (Å²) in [6, 6.07) is 16.0. The van der Waals surface area contributed by atoms with Gasteiger partial charge in [-0.15, -0.1) is 0 Å². The van der Waals surface area contributed by atoms with Gasteiger partial charge in [-0.3, -0.25) is 9.69 Å². The minimum atomic E-state index is -0.0835. The second kappa shape index (κ2) is 4.19. The van der Waals surface area contributed by atoms with Gasteiger partial charge in [0.05, 0.1) is 16.7 Å². The molecule has 4 rings (SSSR count). The Kier molecular flexibility index (Phi) is 2.42. The standard InChI is InChI=1S/C17H15N3O/c1-11-19(12(2)21)15-9-5-3-7-13(15)17-18-14-8-4-6-10-16(14)20(11)17/h3-11H,1-2H3/t11-/m0/s1. The molecular formula is C17H15N3O. The van der Waals surface area contributed by atoms with Crippen LogP contribution in [0.5, 0.6) is 0 Å². The van der Waals surface area contributed by atoms with Crippen LogP contribution in [0.4, 0.5) is 5.69 Å². The van der Waals surface area contributed by atoms with E-state index in [-0.39, 0.29) is 12.1 Å². The highest BCUT2D eigenvalue weighted by molar-refractivity contribution is 5.99. The quantitative estimate of drug-likeness (QED) is 0.630. The minimum Gasteiger partial charge on any atom is -0.302 e. The summed E-state index contributed by atoms with van der Waals surface area (Å²) in [6.07, 6.45) is -0.0835. The van der Waals surface area contributed by atoms with Crippen LogP contribution in [0.1, 0.15) is 20.0 Å². The Bertz CT molecular complexity index is 865. The van der Waals surface area contributed by atoms with E-state index in [0.717, 1.165) is 28.1 Å². The van der Waals surface area contributed by atoms with E-state index in [4.69, 9.17) is 4.98 Å². The molecule has 0 spiro atoms. The van der Waals surface area contributed by atoms with Gasteiger partial charge < -0.3 is 4.57 Å². The summed E-state index contributed by atoms with van der Waals surface area (Å²) in [5.74, 6) is 0.968. The predicted molar refractivity (Wildman–Crippen MR) is 83.0 cm³/mol. The number of anilines is 1. The molecule has 3 aromatic rings. The lowest BCUT2D eigenvalue weighted by Gasteiger charge is -2.36. The molecule has 0 N–H and O–H groups in total. The molecule has 0 saturated carbocycles. The maximum Gasteiger partial charge on any atom is 0.225 e. The van der Waals surface area contributed by atoms with Crippen molar-refractivity contribution in [1.82, 2.24) is 9.55 Å². The fraction of sp³-hybridized carbons (Fsp3) is 0.176. The molecule has 0 bridgehead atoms. The number of aromatic nitrogens is 2. The van der Waals surface area contributed by atoms with E-state index in [0.29, 0.717) is 0 Å². The Morgan fingerprint density at radius 3 is 2.62 bits per heavy atom. The Labute approximate surface area is 122 Å². The smallest absolute Gasteiger partial charge is 0.225 e. The topological polar surface area (TPSA) is 38.1 Å². The Hall–Kier alpha value is -2.62. The van der Waals surface area contributed by atoms with Crippen molar-refractivity contribution in [3.8, 4) is 11.4 Å².